The first-order chi connectivity index (χ1) is 9.72. The molecule has 2 N–H and O–H groups in total. The van der Waals surface area contributed by atoms with E-state index in [1.54, 1.807) is 0 Å². The van der Waals surface area contributed by atoms with Gasteiger partial charge in [-0.15, -0.1) is 0 Å². The zero-order valence-corrected chi connectivity index (χ0v) is 14.6. The minimum atomic E-state index is 0.0526. The van der Waals surface area contributed by atoms with Crippen LogP contribution in [0.15, 0.2) is 6.20 Å². The Balaban J connectivity index is 2.33. The van der Waals surface area contributed by atoms with E-state index < -0.39 is 0 Å². The first-order valence-electron chi connectivity index (χ1n) is 8.20. The molecule has 3 atom stereocenters. The zero-order chi connectivity index (χ0) is 15.8. The molecule has 1 fully saturated rings. The molecule has 120 valence electrons. The molecule has 0 bridgehead atoms. The van der Waals surface area contributed by atoms with Crippen molar-refractivity contribution in [2.24, 2.45) is 24.6 Å². The summed E-state index contributed by atoms with van der Waals surface area (Å²) in [6.07, 6.45) is 3.50. The van der Waals surface area contributed by atoms with E-state index in [-0.39, 0.29) is 11.5 Å². The van der Waals surface area contributed by atoms with Gasteiger partial charge in [-0.3, -0.25) is 9.58 Å². The molecule has 1 aliphatic heterocycles. The predicted molar refractivity (Wildman–Crippen MR) is 88.2 cm³/mol. The Morgan fingerprint density at radius 1 is 1.29 bits per heavy atom. The third-order valence-electron chi connectivity index (χ3n) is 4.49. The van der Waals surface area contributed by atoms with E-state index in [0.717, 1.165) is 24.9 Å². The highest BCUT2D eigenvalue weighted by molar-refractivity contribution is 5.28. The Kier molecular flexibility index (Phi) is 4.79. The van der Waals surface area contributed by atoms with Crippen molar-refractivity contribution < 1.29 is 0 Å². The Bertz CT molecular complexity index is 462. The maximum absolute atomic E-state index is 6.17. The third-order valence-corrected chi connectivity index (χ3v) is 4.49. The second-order valence-electron chi connectivity index (χ2n) is 8.01. The molecular formula is C17H32N4. The third kappa shape index (κ3) is 3.67. The van der Waals surface area contributed by atoms with Crippen molar-refractivity contribution in [3.8, 4) is 0 Å². The smallest absolute Gasteiger partial charge is 0.0726 e. The molecule has 1 aromatic rings. The summed E-state index contributed by atoms with van der Waals surface area (Å²) >= 11 is 0. The molecule has 2 heterocycles. The molecule has 1 aromatic heterocycles. The van der Waals surface area contributed by atoms with Crippen molar-refractivity contribution >= 4 is 0 Å². The summed E-state index contributed by atoms with van der Waals surface area (Å²) in [6.45, 7) is 14.3. The molecule has 1 aliphatic rings. The van der Waals surface area contributed by atoms with Crippen molar-refractivity contribution in [1.29, 1.82) is 0 Å². The van der Waals surface area contributed by atoms with Gasteiger partial charge in [-0.05, 0) is 18.3 Å². The summed E-state index contributed by atoms with van der Waals surface area (Å²) in [6, 6.07) is 0.290. The minimum absolute atomic E-state index is 0.0526. The summed E-state index contributed by atoms with van der Waals surface area (Å²) in [5, 5.41) is 4.72. The van der Waals surface area contributed by atoms with Crippen LogP contribution in [0.4, 0.5) is 0 Å². The molecule has 0 aliphatic carbocycles. The Hall–Kier alpha value is -0.870. The van der Waals surface area contributed by atoms with Crippen LogP contribution >= 0.6 is 0 Å². The average molecular weight is 292 g/mol. The molecule has 0 amide bonds. The van der Waals surface area contributed by atoms with Crippen molar-refractivity contribution in [3.63, 3.8) is 0 Å². The second kappa shape index (κ2) is 6.09. The number of hydrogen-bond acceptors (Lipinski definition) is 3. The molecule has 3 unspecified atom stereocenters. The lowest BCUT2D eigenvalue weighted by Crippen LogP contribution is -2.44. The molecule has 0 spiro atoms. The quantitative estimate of drug-likeness (QED) is 0.932. The predicted octanol–water partition coefficient (Wildman–Crippen LogP) is 2.70. The van der Waals surface area contributed by atoms with E-state index in [2.05, 4.69) is 45.7 Å². The normalized spacial score (nSPS) is 26.0. The van der Waals surface area contributed by atoms with Crippen LogP contribution in [-0.4, -0.2) is 34.3 Å². The van der Waals surface area contributed by atoms with Crippen LogP contribution < -0.4 is 5.73 Å². The van der Waals surface area contributed by atoms with Crippen LogP contribution in [0.5, 0.6) is 0 Å². The number of aromatic nitrogens is 2. The van der Waals surface area contributed by atoms with Crippen LogP contribution in [0.1, 0.15) is 58.3 Å². The van der Waals surface area contributed by atoms with Crippen LogP contribution in [0.3, 0.4) is 0 Å². The van der Waals surface area contributed by atoms with Crippen LogP contribution in [0, 0.1) is 11.8 Å². The lowest BCUT2D eigenvalue weighted by Gasteiger charge is -2.40. The van der Waals surface area contributed by atoms with Gasteiger partial charge in [0.25, 0.3) is 0 Å². The summed E-state index contributed by atoms with van der Waals surface area (Å²) in [5.74, 6) is 1.50. The highest BCUT2D eigenvalue weighted by atomic mass is 15.3. The fourth-order valence-electron chi connectivity index (χ4n) is 3.77. The number of aryl methyl sites for hydroxylation is 1. The number of piperidine rings is 1. The number of nitrogens with zero attached hydrogens (tertiary/aromatic N) is 3. The van der Waals surface area contributed by atoms with Gasteiger partial charge in [-0.25, -0.2) is 0 Å². The summed E-state index contributed by atoms with van der Waals surface area (Å²) in [4.78, 5) is 2.57. The van der Waals surface area contributed by atoms with E-state index in [0.29, 0.717) is 6.54 Å². The topological polar surface area (TPSA) is 47.1 Å². The summed E-state index contributed by atoms with van der Waals surface area (Å²) in [5.41, 5.74) is 8.72. The maximum atomic E-state index is 6.17. The molecule has 0 aromatic carbocycles. The van der Waals surface area contributed by atoms with Gasteiger partial charge in [0, 0.05) is 43.9 Å². The number of rotatable bonds is 3. The SMILES string of the molecule is CC1CC(C)CN(C(CN)c2cn(C)nc2C(C)(C)C)C1. The standard InChI is InChI=1S/C17H32N4/c1-12-7-13(2)10-21(9-12)15(8-18)14-11-20(6)19-16(14)17(3,4)5/h11-13,15H,7-10,18H2,1-6H3. The number of nitrogens with two attached hydrogens (primary N) is 1. The molecule has 0 radical (unpaired) electrons. The molecule has 21 heavy (non-hydrogen) atoms. The molecular weight excluding hydrogens is 260 g/mol. The van der Waals surface area contributed by atoms with Crippen molar-refractivity contribution in [1.82, 2.24) is 14.7 Å². The highest BCUT2D eigenvalue weighted by Crippen LogP contribution is 2.34. The Labute approximate surface area is 129 Å². The molecule has 2 rings (SSSR count). The summed E-state index contributed by atoms with van der Waals surface area (Å²) in [7, 11) is 2.01. The highest BCUT2D eigenvalue weighted by Gasteiger charge is 2.32. The van der Waals surface area contributed by atoms with E-state index >= 15 is 0 Å². The largest absolute Gasteiger partial charge is 0.329 e. The first-order valence-corrected chi connectivity index (χ1v) is 8.20. The van der Waals surface area contributed by atoms with E-state index in [9.17, 15) is 0 Å². The van der Waals surface area contributed by atoms with Crippen LogP contribution in [0.2, 0.25) is 0 Å². The molecule has 1 saturated heterocycles. The fraction of sp³-hybridized carbons (Fsp3) is 0.824. The minimum Gasteiger partial charge on any atom is -0.329 e. The first kappa shape index (κ1) is 16.5. The van der Waals surface area contributed by atoms with Crippen molar-refractivity contribution in [2.45, 2.75) is 52.5 Å². The van der Waals surface area contributed by atoms with Gasteiger partial charge >= 0.3 is 0 Å². The average Bonchev–Trinajstić information content (AvgIpc) is 2.71. The van der Waals surface area contributed by atoms with Gasteiger partial charge in [0.15, 0.2) is 0 Å². The maximum Gasteiger partial charge on any atom is 0.0726 e. The van der Waals surface area contributed by atoms with E-state index in [4.69, 9.17) is 10.8 Å². The van der Waals surface area contributed by atoms with Gasteiger partial charge < -0.3 is 5.73 Å². The lowest BCUT2D eigenvalue weighted by molar-refractivity contribution is 0.0976. The van der Waals surface area contributed by atoms with E-state index in [1.807, 2.05) is 11.7 Å². The van der Waals surface area contributed by atoms with Gasteiger partial charge in [-0.2, -0.15) is 5.10 Å². The van der Waals surface area contributed by atoms with Gasteiger partial charge in [-0.1, -0.05) is 34.6 Å². The molecule has 0 saturated carbocycles. The second-order valence-corrected chi connectivity index (χ2v) is 8.01. The van der Waals surface area contributed by atoms with Crippen molar-refractivity contribution in [2.75, 3.05) is 19.6 Å². The van der Waals surface area contributed by atoms with Crippen molar-refractivity contribution in [3.05, 3.63) is 17.5 Å². The lowest BCUT2D eigenvalue weighted by atomic mass is 9.85. The monoisotopic (exact) mass is 292 g/mol. The van der Waals surface area contributed by atoms with Gasteiger partial charge in [0.05, 0.1) is 11.7 Å². The van der Waals surface area contributed by atoms with Crippen LogP contribution in [-0.2, 0) is 12.5 Å². The van der Waals surface area contributed by atoms with E-state index in [1.165, 1.54) is 17.7 Å². The molecule has 4 heteroatoms. The number of hydrogen-bond donors (Lipinski definition) is 1. The Morgan fingerprint density at radius 2 is 1.86 bits per heavy atom. The van der Waals surface area contributed by atoms with Crippen LogP contribution in [0.25, 0.3) is 0 Å². The number of likely N-dealkylation sites (tertiary alicyclic amines) is 1. The fourth-order valence-corrected chi connectivity index (χ4v) is 3.77. The summed E-state index contributed by atoms with van der Waals surface area (Å²) < 4.78 is 1.94. The zero-order valence-electron chi connectivity index (χ0n) is 14.6. The molecule has 4 nitrogen and oxygen atoms in total. The van der Waals surface area contributed by atoms with Gasteiger partial charge in [0.2, 0.25) is 0 Å². The Morgan fingerprint density at radius 3 is 2.33 bits per heavy atom. The van der Waals surface area contributed by atoms with Gasteiger partial charge in [0.1, 0.15) is 0 Å².